The summed E-state index contributed by atoms with van der Waals surface area (Å²) in [6.45, 7) is 40.0. The van der Waals surface area contributed by atoms with Crippen LogP contribution in [0.1, 0.15) is 113 Å². The van der Waals surface area contributed by atoms with Crippen molar-refractivity contribution in [3.8, 4) is 0 Å². The van der Waals surface area contributed by atoms with Crippen molar-refractivity contribution in [2.75, 3.05) is 91.6 Å². The monoisotopic (exact) mass is 2780 g/mol. The zero-order valence-electron chi connectivity index (χ0n) is 79.8. The molecule has 4 radical (unpaired) electrons. The number of nitrogens with zero attached hydrogens (tertiary/aromatic N) is 20. The molecule has 0 atom stereocenters. The molecule has 28 heteroatoms. The number of pyridine rings is 13. The number of rotatable bonds is 22. The third kappa shape index (κ3) is 60.7. The molecule has 0 amide bonds. The van der Waals surface area contributed by atoms with Gasteiger partial charge >= 0.3 is 0 Å². The van der Waals surface area contributed by atoms with Gasteiger partial charge in [0.25, 0.3) is 0 Å². The molecule has 2 saturated heterocycles. The first-order chi connectivity index (χ1) is 60.1. The summed E-state index contributed by atoms with van der Waals surface area (Å²) in [7, 11) is 0. The van der Waals surface area contributed by atoms with Crippen molar-refractivity contribution < 1.29 is 215 Å². The molecule has 0 N–H and O–H groups in total. The van der Waals surface area contributed by atoms with Crippen LogP contribution in [0.3, 0.4) is 0 Å². The van der Waals surface area contributed by atoms with Crippen molar-refractivity contribution in [2.45, 2.75) is 99.2 Å². The fourth-order valence-corrected chi connectivity index (χ4v) is 13.1. The van der Waals surface area contributed by atoms with Gasteiger partial charge in [-0.05, 0) is 158 Å². The van der Waals surface area contributed by atoms with Crippen LogP contribution >= 0.6 is 0 Å². The Hall–Kier alpha value is -5.20. The van der Waals surface area contributed by atoms with Crippen molar-refractivity contribution in [1.82, 2.24) is 99.1 Å². The Kier molecular flexibility index (Phi) is 90.1. The summed E-state index contributed by atoms with van der Waals surface area (Å²) in [5.74, 6) is 0. The Labute approximate surface area is 963 Å². The molecule has 2 aliphatic rings. The Morgan fingerprint density at radius 3 is 0.396 bits per heavy atom. The van der Waals surface area contributed by atoms with Crippen LogP contribution in [0.15, 0.2) is 331 Å². The molecule has 13 aromatic rings. The summed E-state index contributed by atoms with van der Waals surface area (Å²) >= 11 is 0. The molecule has 0 spiro atoms. The molecule has 20 nitrogen and oxygen atoms in total. The summed E-state index contributed by atoms with van der Waals surface area (Å²) < 4.78 is 0. The topological polar surface area (TPSA) is 190 Å². The van der Waals surface area contributed by atoms with Gasteiger partial charge in [0.2, 0.25) is 0 Å². The Morgan fingerprint density at radius 1 is 0.187 bits per heavy atom. The van der Waals surface area contributed by atoms with Crippen molar-refractivity contribution in [1.29, 1.82) is 0 Å². The van der Waals surface area contributed by atoms with Gasteiger partial charge in [-0.15, -0.1) is 0 Å². The molecule has 0 aliphatic carbocycles. The van der Waals surface area contributed by atoms with Crippen molar-refractivity contribution in [3.63, 3.8) is 0 Å². The third-order valence-electron chi connectivity index (χ3n) is 19.0. The predicted octanol–water partition coefficient (Wildman–Crippen LogP) is 18.1. The van der Waals surface area contributed by atoms with Crippen LogP contribution in [0.5, 0.6) is 0 Å². The predicted molar refractivity (Wildman–Crippen MR) is 517 cm³/mol. The molecule has 15 rings (SSSR count). The second-order valence-electron chi connectivity index (χ2n) is 28.8. The minimum absolute atomic E-state index is 0. The molecule has 0 bridgehead atoms. The first-order valence-corrected chi connectivity index (χ1v) is 41.7. The van der Waals surface area contributed by atoms with E-state index in [9.17, 15) is 0 Å². The van der Waals surface area contributed by atoms with Crippen molar-refractivity contribution >= 4 is 0 Å². The number of aromatic nitrogens is 13. The second-order valence-corrected chi connectivity index (χ2v) is 28.8. The Bertz CT molecular complexity index is 4260. The minimum Gasteiger partial charge on any atom is -0.507 e. The number of hydrogen-bond donors (Lipinski definition) is 0. The van der Waals surface area contributed by atoms with Gasteiger partial charge in [-0.1, -0.05) is 78.9 Å². The van der Waals surface area contributed by atoms with Gasteiger partial charge in [-0.2, -0.15) is 27.7 Å². The fourth-order valence-electron chi connectivity index (χ4n) is 13.1. The molecule has 2 aliphatic heterocycles. The van der Waals surface area contributed by atoms with Crippen LogP contribution in [-0.2, 0) is 287 Å². The maximum atomic E-state index is 4.68. The van der Waals surface area contributed by atoms with Crippen LogP contribution in [0.25, 0.3) is 0 Å². The summed E-state index contributed by atoms with van der Waals surface area (Å²) in [6.07, 6.45) is 33.5. The van der Waals surface area contributed by atoms with E-state index >= 15 is 0 Å². The van der Waals surface area contributed by atoms with E-state index < -0.39 is 0 Å². The SMILES string of the molecule is C=[C-]C.C=[C-]C.C=[C-]C.C=[C-]C.[CH3-].[CH3-].[CH3-].[CH3-].[W].[W].[W].[W].[Y].[Y].[Y].[Y].c1ccc(CN2CCN(Cc3ccccn3)CCN(Cc3ccccn3)CC2)nc1.c1ccc(CN2CCN(Cc3ccccn3)CCN(Cc3ccccn3)CCN(Cc3ccccn3)CC2)nc1.c1ccc(Cc2cccc(Cc3ccccn3)n2)nc1.c1ccc(Cc2cccc(Cc3ccccn3)n2)nc1. The smallest absolute Gasteiger partial charge is 0.0543 e. The van der Waals surface area contributed by atoms with E-state index in [1.165, 1.54) is 0 Å². The molecule has 15 heterocycles. The number of hydrogen-bond acceptors (Lipinski definition) is 20. The van der Waals surface area contributed by atoms with Gasteiger partial charge in [-0.25, -0.2) is 0 Å². The maximum absolute atomic E-state index is 4.68. The quantitative estimate of drug-likeness (QED) is 0.0582. The Balaban J connectivity index is -0.000000530. The van der Waals surface area contributed by atoms with Crippen LogP contribution < -0.4 is 0 Å². The van der Waals surface area contributed by atoms with E-state index in [1.54, 1.807) is 27.7 Å². The molecule has 0 saturated carbocycles. The van der Waals surface area contributed by atoms with E-state index in [4.69, 9.17) is 0 Å². The molecule has 134 heavy (non-hydrogen) atoms. The van der Waals surface area contributed by atoms with Gasteiger partial charge < -0.3 is 54.0 Å². The van der Waals surface area contributed by atoms with Crippen LogP contribution in [0.4, 0.5) is 0 Å². The number of allylic oxidation sites excluding steroid dienone is 4. The van der Waals surface area contributed by atoms with E-state index in [2.05, 4.69) is 235 Å². The van der Waals surface area contributed by atoms with Gasteiger partial charge in [0.1, 0.15) is 0 Å². The minimum atomic E-state index is 0. The second kappa shape index (κ2) is 88.0. The average Bonchev–Trinajstić information content (AvgIpc) is 1.02. The van der Waals surface area contributed by atoms with Crippen molar-refractivity contribution in [3.05, 3.63) is 470 Å². The standard InChI is InChI=1S/C32H40N8.C24H30N6.2C17H15N3.4C3H5.4CH3.4W.4Y/c1-5-13-33-29(9-1)25-37-17-19-38(26-30-10-2-6-14-34-30)21-23-40(28-32-12-4-8-16-36-32)24-22-39(20-18-37)27-31-11-3-7-15-35-31;1-4-10-25-22(7-1)19-28-13-15-29(20-23-8-2-5-11-26-23)17-18-30(16-14-28)21-24-9-3-6-12-27-24;2*1-3-10-18-14(6-1)12-16-8-5-9-17(20-16)13-15-7-2-4-11-19-15;4*1-3-2;;;;;;;;;;;;/h1-16H,17-28H2;1-12H,13-21H2;2*1-11H,12-13H2;4*1H2,2H3;4*1H3;;;;;;;;/q;;;;8*-1;;;;;;;;. The zero-order valence-corrected chi connectivity index (χ0v) is 103. The normalized spacial score (nSPS) is 12.5. The van der Waals surface area contributed by atoms with E-state index in [0.29, 0.717) is 0 Å². The van der Waals surface area contributed by atoms with Crippen LogP contribution in [-0.4, -0.2) is 191 Å². The van der Waals surface area contributed by atoms with Crippen molar-refractivity contribution in [2.24, 2.45) is 0 Å². The Morgan fingerprint density at radius 2 is 0.291 bits per heavy atom. The molecular weight excluding hydrogens is 2640 g/mol. The van der Waals surface area contributed by atoms with E-state index in [0.717, 1.165) is 249 Å². The first-order valence-electron chi connectivity index (χ1n) is 41.7. The van der Waals surface area contributed by atoms with Crippen LogP contribution in [0.2, 0.25) is 0 Å². The molecule has 2 fully saturated rings. The van der Waals surface area contributed by atoms with E-state index in [-0.39, 0.29) is 245 Å². The van der Waals surface area contributed by atoms with Crippen LogP contribution in [0, 0.1) is 54.0 Å². The summed E-state index contributed by atoms with van der Waals surface area (Å²) in [5, 5.41) is 0. The summed E-state index contributed by atoms with van der Waals surface area (Å²) in [6, 6.07) is 79.3. The molecule has 0 unspecified atom stereocenters. The van der Waals surface area contributed by atoms with Gasteiger partial charge in [-0.3, -0.25) is 125 Å². The largest absolute Gasteiger partial charge is 0.507 e. The fraction of sp³-hybridized carbons (Fsp3) is 0.274. The average molecular weight is 2780 g/mol. The summed E-state index contributed by atoms with van der Waals surface area (Å²) in [5.41, 5.74) is 16.1. The molecule has 13 aromatic heterocycles. The zero-order chi connectivity index (χ0) is 85.8. The molecule has 0 aromatic carbocycles. The molecular formula is C106H132N20W4Y4-8. The first kappa shape index (κ1) is 137. The van der Waals surface area contributed by atoms with Gasteiger partial charge in [0.05, 0.1) is 39.9 Å². The summed E-state index contributed by atoms with van der Waals surface area (Å²) in [4.78, 5) is 76.6. The van der Waals surface area contributed by atoms with E-state index in [1.807, 2.05) is 220 Å². The van der Waals surface area contributed by atoms with Gasteiger partial charge in [0, 0.05) is 492 Å². The molecule has 700 valence electrons. The van der Waals surface area contributed by atoms with Gasteiger partial charge in [0.15, 0.2) is 0 Å². The third-order valence-corrected chi connectivity index (χ3v) is 19.0. The maximum Gasteiger partial charge on any atom is 0.0543 e.